The van der Waals surface area contributed by atoms with E-state index in [4.69, 9.17) is 4.74 Å². The number of phenolic OH excluding ortho intramolecular Hbond substituents is 1. The van der Waals surface area contributed by atoms with Crippen LogP contribution in [-0.4, -0.2) is 21.5 Å². The Kier molecular flexibility index (Phi) is 5.69. The molecule has 0 aliphatic heterocycles. The summed E-state index contributed by atoms with van der Waals surface area (Å²) in [5, 5.41) is 17.8. The molecule has 25 heavy (non-hydrogen) atoms. The van der Waals surface area contributed by atoms with Crippen molar-refractivity contribution in [2.24, 2.45) is 0 Å². The Balaban J connectivity index is 1.53. The van der Waals surface area contributed by atoms with Crippen LogP contribution >= 0.6 is 0 Å². The number of para-hydroxylation sites is 1. The molecule has 0 saturated carbocycles. The quantitative estimate of drug-likeness (QED) is 0.662. The van der Waals surface area contributed by atoms with Crippen molar-refractivity contribution in [1.29, 1.82) is 0 Å². The number of rotatable bonds is 8. The first-order valence-electron chi connectivity index (χ1n) is 8.46. The molecule has 0 fully saturated rings. The SMILES string of the molecule is CCOc1cccc(CNCc2ccc(Cn3cccn3)cc2)c1O. The summed E-state index contributed by atoms with van der Waals surface area (Å²) >= 11 is 0. The minimum atomic E-state index is 0.214. The third-order valence-corrected chi connectivity index (χ3v) is 3.95. The number of hydrogen-bond donors (Lipinski definition) is 2. The van der Waals surface area contributed by atoms with Crippen molar-refractivity contribution in [2.45, 2.75) is 26.6 Å². The molecule has 0 amide bonds. The zero-order valence-corrected chi connectivity index (χ0v) is 14.4. The molecular weight excluding hydrogens is 314 g/mol. The average molecular weight is 337 g/mol. The lowest BCUT2D eigenvalue weighted by molar-refractivity contribution is 0.316. The van der Waals surface area contributed by atoms with Crippen LogP contribution in [0.4, 0.5) is 0 Å². The van der Waals surface area contributed by atoms with Crippen LogP contribution in [0.3, 0.4) is 0 Å². The van der Waals surface area contributed by atoms with Gasteiger partial charge in [0.05, 0.1) is 13.2 Å². The summed E-state index contributed by atoms with van der Waals surface area (Å²) in [4.78, 5) is 0. The maximum Gasteiger partial charge on any atom is 0.162 e. The molecule has 0 radical (unpaired) electrons. The Morgan fingerprint density at radius 3 is 2.56 bits per heavy atom. The van der Waals surface area contributed by atoms with Crippen LogP contribution in [0.5, 0.6) is 11.5 Å². The van der Waals surface area contributed by atoms with Crippen molar-refractivity contribution in [3.05, 3.63) is 77.6 Å². The van der Waals surface area contributed by atoms with Crippen molar-refractivity contribution in [3.63, 3.8) is 0 Å². The van der Waals surface area contributed by atoms with Crippen LogP contribution in [0.25, 0.3) is 0 Å². The lowest BCUT2D eigenvalue weighted by atomic mass is 10.1. The normalized spacial score (nSPS) is 10.8. The lowest BCUT2D eigenvalue weighted by Gasteiger charge is -2.11. The molecule has 2 aromatic carbocycles. The first kappa shape index (κ1) is 17.0. The Morgan fingerprint density at radius 1 is 1.04 bits per heavy atom. The number of aromatic hydroxyl groups is 1. The van der Waals surface area contributed by atoms with Crippen LogP contribution in [0.1, 0.15) is 23.6 Å². The van der Waals surface area contributed by atoms with E-state index in [0.717, 1.165) is 18.7 Å². The summed E-state index contributed by atoms with van der Waals surface area (Å²) in [6.45, 7) is 4.54. The Bertz CT molecular complexity index is 783. The molecule has 0 atom stereocenters. The number of benzene rings is 2. The van der Waals surface area contributed by atoms with Gasteiger partial charge in [-0.15, -0.1) is 0 Å². The summed E-state index contributed by atoms with van der Waals surface area (Å²) in [6.07, 6.45) is 3.74. The van der Waals surface area contributed by atoms with E-state index in [0.29, 0.717) is 18.9 Å². The monoisotopic (exact) mass is 337 g/mol. The van der Waals surface area contributed by atoms with E-state index >= 15 is 0 Å². The van der Waals surface area contributed by atoms with Gasteiger partial charge in [0.15, 0.2) is 11.5 Å². The number of phenols is 1. The van der Waals surface area contributed by atoms with Gasteiger partial charge in [-0.1, -0.05) is 36.4 Å². The van der Waals surface area contributed by atoms with E-state index in [9.17, 15) is 5.11 Å². The van der Waals surface area contributed by atoms with Gasteiger partial charge in [-0.2, -0.15) is 5.10 Å². The van der Waals surface area contributed by atoms with Gasteiger partial charge >= 0.3 is 0 Å². The van der Waals surface area contributed by atoms with Gasteiger partial charge in [0.2, 0.25) is 0 Å². The Hall–Kier alpha value is -2.79. The van der Waals surface area contributed by atoms with Crippen molar-refractivity contribution in [1.82, 2.24) is 15.1 Å². The van der Waals surface area contributed by atoms with Gasteiger partial charge in [-0.25, -0.2) is 0 Å². The number of hydrogen-bond acceptors (Lipinski definition) is 4. The number of aromatic nitrogens is 2. The molecule has 3 rings (SSSR count). The molecule has 0 bridgehead atoms. The van der Waals surface area contributed by atoms with E-state index in [-0.39, 0.29) is 5.75 Å². The van der Waals surface area contributed by atoms with Crippen LogP contribution < -0.4 is 10.1 Å². The molecule has 1 heterocycles. The lowest BCUT2D eigenvalue weighted by Crippen LogP contribution is -2.13. The smallest absolute Gasteiger partial charge is 0.162 e. The Labute approximate surface area is 147 Å². The van der Waals surface area contributed by atoms with Crippen molar-refractivity contribution in [3.8, 4) is 11.5 Å². The van der Waals surface area contributed by atoms with Crippen LogP contribution in [0.15, 0.2) is 60.9 Å². The number of ether oxygens (including phenoxy) is 1. The summed E-state index contributed by atoms with van der Waals surface area (Å²) < 4.78 is 7.32. The van der Waals surface area contributed by atoms with Gasteiger partial charge in [0.25, 0.3) is 0 Å². The molecule has 0 saturated heterocycles. The van der Waals surface area contributed by atoms with E-state index in [2.05, 4.69) is 34.7 Å². The van der Waals surface area contributed by atoms with Crippen LogP contribution in [-0.2, 0) is 19.6 Å². The fraction of sp³-hybridized carbons (Fsp3) is 0.250. The number of nitrogens with zero attached hydrogens (tertiary/aromatic N) is 2. The van der Waals surface area contributed by atoms with E-state index < -0.39 is 0 Å². The van der Waals surface area contributed by atoms with Crippen LogP contribution in [0.2, 0.25) is 0 Å². The molecule has 0 unspecified atom stereocenters. The predicted octanol–water partition coefficient (Wildman–Crippen LogP) is 3.33. The second kappa shape index (κ2) is 8.35. The van der Waals surface area contributed by atoms with Crippen LogP contribution in [0, 0.1) is 0 Å². The van der Waals surface area contributed by atoms with Crippen molar-refractivity contribution in [2.75, 3.05) is 6.61 Å². The summed E-state index contributed by atoms with van der Waals surface area (Å²) in [7, 11) is 0. The minimum absolute atomic E-state index is 0.214. The Morgan fingerprint density at radius 2 is 1.84 bits per heavy atom. The van der Waals surface area contributed by atoms with Gasteiger partial charge in [-0.3, -0.25) is 4.68 Å². The van der Waals surface area contributed by atoms with Gasteiger partial charge in [0.1, 0.15) is 0 Å². The largest absolute Gasteiger partial charge is 0.504 e. The van der Waals surface area contributed by atoms with E-state index in [1.165, 1.54) is 11.1 Å². The molecule has 3 aromatic rings. The molecule has 1 aromatic heterocycles. The highest BCUT2D eigenvalue weighted by molar-refractivity contribution is 5.45. The summed E-state index contributed by atoms with van der Waals surface area (Å²) in [5.41, 5.74) is 3.25. The first-order valence-corrected chi connectivity index (χ1v) is 8.46. The molecule has 0 spiro atoms. The average Bonchev–Trinajstić information content (AvgIpc) is 3.13. The molecule has 5 heteroatoms. The van der Waals surface area contributed by atoms with Crippen molar-refractivity contribution < 1.29 is 9.84 Å². The third-order valence-electron chi connectivity index (χ3n) is 3.95. The highest BCUT2D eigenvalue weighted by Crippen LogP contribution is 2.29. The third kappa shape index (κ3) is 4.61. The van der Waals surface area contributed by atoms with E-state index in [1.807, 2.05) is 36.0 Å². The second-order valence-electron chi connectivity index (χ2n) is 5.82. The van der Waals surface area contributed by atoms with Gasteiger partial charge in [0, 0.05) is 31.0 Å². The molecule has 0 aliphatic rings. The molecule has 5 nitrogen and oxygen atoms in total. The van der Waals surface area contributed by atoms with Gasteiger partial charge in [-0.05, 0) is 30.2 Å². The summed E-state index contributed by atoms with van der Waals surface area (Å²) in [5.74, 6) is 0.746. The molecule has 0 aliphatic carbocycles. The van der Waals surface area contributed by atoms with Crippen molar-refractivity contribution >= 4 is 0 Å². The molecule has 2 N–H and O–H groups in total. The highest BCUT2D eigenvalue weighted by atomic mass is 16.5. The summed E-state index contributed by atoms with van der Waals surface area (Å²) in [6, 6.07) is 16.0. The first-order chi connectivity index (χ1) is 12.3. The standard InChI is InChI=1S/C20H23N3O2/c1-2-25-19-6-3-5-18(20(19)24)14-21-13-16-7-9-17(10-8-16)15-23-12-4-11-22-23/h3-12,21,24H,2,13-15H2,1H3. The fourth-order valence-corrected chi connectivity index (χ4v) is 2.67. The zero-order valence-electron chi connectivity index (χ0n) is 14.4. The second-order valence-corrected chi connectivity index (χ2v) is 5.82. The maximum atomic E-state index is 10.2. The highest BCUT2D eigenvalue weighted by Gasteiger charge is 2.07. The zero-order chi connectivity index (χ0) is 17.5. The molecule has 130 valence electrons. The fourth-order valence-electron chi connectivity index (χ4n) is 2.67. The molecular formula is C20H23N3O2. The topological polar surface area (TPSA) is 59.3 Å². The maximum absolute atomic E-state index is 10.2. The minimum Gasteiger partial charge on any atom is -0.504 e. The number of nitrogens with one attached hydrogen (secondary N) is 1. The predicted molar refractivity (Wildman–Crippen MR) is 97.6 cm³/mol. The van der Waals surface area contributed by atoms with E-state index in [1.54, 1.807) is 12.3 Å². The van der Waals surface area contributed by atoms with Gasteiger partial charge < -0.3 is 15.2 Å².